The van der Waals surface area contributed by atoms with Crippen LogP contribution in [0, 0.1) is 0 Å². The average Bonchev–Trinajstić information content (AvgIpc) is 2.46. The van der Waals surface area contributed by atoms with Crippen LogP contribution in [0.15, 0.2) is 30.6 Å². The molecule has 0 spiro atoms. The second-order valence-electron chi connectivity index (χ2n) is 3.98. The third-order valence-electron chi connectivity index (χ3n) is 2.56. The number of carbonyl (C=O) groups excluding carboxylic acids is 2. The molecule has 0 bridgehead atoms. The van der Waals surface area contributed by atoms with E-state index in [0.29, 0.717) is 16.7 Å². The lowest BCUT2D eigenvalue weighted by atomic mass is 10.2. The van der Waals surface area contributed by atoms with Gasteiger partial charge in [0.2, 0.25) is 0 Å². The van der Waals surface area contributed by atoms with Crippen molar-refractivity contribution in [2.45, 2.75) is 13.0 Å². The average molecular weight is 274 g/mol. The molecule has 1 unspecified atom stereocenters. The third kappa shape index (κ3) is 3.07. The summed E-state index contributed by atoms with van der Waals surface area (Å²) in [5.74, 6) is -1.39. The third-order valence-corrected chi connectivity index (χ3v) is 2.56. The summed E-state index contributed by atoms with van der Waals surface area (Å²) in [7, 11) is 0. The molecule has 2 rings (SSSR count). The predicted molar refractivity (Wildman–Crippen MR) is 72.8 cm³/mol. The van der Waals surface area contributed by atoms with Crippen LogP contribution >= 0.6 is 0 Å². The first-order valence-corrected chi connectivity index (χ1v) is 6.05. The second-order valence-corrected chi connectivity index (χ2v) is 3.98. The van der Waals surface area contributed by atoms with Crippen molar-refractivity contribution in [2.24, 2.45) is 5.73 Å². The van der Waals surface area contributed by atoms with Gasteiger partial charge >= 0.3 is 5.97 Å². The highest BCUT2D eigenvalue weighted by Gasteiger charge is 2.23. The maximum atomic E-state index is 11.8. The Hall–Kier alpha value is -2.54. The first-order valence-electron chi connectivity index (χ1n) is 6.05. The number of carbonyl (C=O) groups is 2. The number of rotatable bonds is 4. The largest absolute Gasteiger partial charge is 0.464 e. The number of benzene rings is 1. The summed E-state index contributed by atoms with van der Waals surface area (Å²) in [6.45, 7) is 1.82. The van der Waals surface area contributed by atoms with Gasteiger partial charge < -0.3 is 15.8 Å². The smallest absolute Gasteiger partial charge is 0.332 e. The number of nitrogens with two attached hydrogens (primary N) is 1. The number of amides is 1. The normalized spacial score (nSPS) is 11.9. The summed E-state index contributed by atoms with van der Waals surface area (Å²) >= 11 is 0. The summed E-state index contributed by atoms with van der Waals surface area (Å²) in [5.41, 5.74) is 7.32. The van der Waals surface area contributed by atoms with Crippen LogP contribution in [0.4, 0.5) is 5.69 Å². The minimum absolute atomic E-state index is 0.172. The van der Waals surface area contributed by atoms with Crippen molar-refractivity contribution in [3.8, 4) is 0 Å². The number of ether oxygens (including phenoxy) is 1. The lowest BCUT2D eigenvalue weighted by Gasteiger charge is -2.11. The van der Waals surface area contributed by atoms with Crippen molar-refractivity contribution in [3.63, 3.8) is 0 Å². The minimum atomic E-state index is -1.35. The molecule has 1 aromatic carbocycles. The summed E-state index contributed by atoms with van der Waals surface area (Å²) in [4.78, 5) is 31.4. The van der Waals surface area contributed by atoms with Crippen LogP contribution in [-0.2, 0) is 14.3 Å². The number of anilines is 1. The summed E-state index contributed by atoms with van der Waals surface area (Å²) in [6.07, 6.45) is 3.13. The van der Waals surface area contributed by atoms with E-state index in [-0.39, 0.29) is 6.61 Å². The second kappa shape index (κ2) is 6.07. The van der Waals surface area contributed by atoms with Crippen LogP contribution < -0.4 is 11.1 Å². The standard InChI is InChI=1S/C13H14N4O3/c1-2-20-13(19)11(14)12(18)17-8-3-4-9-10(7-8)16-6-5-15-9/h3-7,11H,2,14H2,1H3,(H,17,18). The van der Waals surface area contributed by atoms with E-state index in [4.69, 9.17) is 5.73 Å². The molecule has 0 radical (unpaired) electrons. The lowest BCUT2D eigenvalue weighted by Crippen LogP contribution is -2.43. The molecule has 2 aromatic rings. The van der Waals surface area contributed by atoms with Crippen LogP contribution in [0.5, 0.6) is 0 Å². The SMILES string of the molecule is CCOC(=O)C(N)C(=O)Nc1ccc2nccnc2c1. The van der Waals surface area contributed by atoms with E-state index < -0.39 is 17.9 Å². The highest BCUT2D eigenvalue weighted by atomic mass is 16.5. The Labute approximate surface area is 115 Å². The van der Waals surface area contributed by atoms with Gasteiger partial charge in [0, 0.05) is 18.1 Å². The van der Waals surface area contributed by atoms with E-state index >= 15 is 0 Å². The molecule has 3 N–H and O–H groups in total. The zero-order chi connectivity index (χ0) is 14.5. The summed E-state index contributed by atoms with van der Waals surface area (Å²) in [6, 6.07) is 3.67. The number of aromatic nitrogens is 2. The molecule has 104 valence electrons. The maximum absolute atomic E-state index is 11.8. The Morgan fingerprint density at radius 3 is 2.70 bits per heavy atom. The van der Waals surface area contributed by atoms with E-state index in [1.165, 1.54) is 0 Å². The summed E-state index contributed by atoms with van der Waals surface area (Å²) in [5, 5.41) is 2.54. The molecule has 1 atom stereocenters. The van der Waals surface area contributed by atoms with E-state index in [1.54, 1.807) is 37.5 Å². The number of fused-ring (bicyclic) bond motifs is 1. The number of nitrogens with zero attached hydrogens (tertiary/aromatic N) is 2. The molecule has 1 aromatic heterocycles. The predicted octanol–water partition coefficient (Wildman–Crippen LogP) is 0.459. The fourth-order valence-corrected chi connectivity index (χ4v) is 1.60. The van der Waals surface area contributed by atoms with Crippen molar-refractivity contribution >= 4 is 28.6 Å². The van der Waals surface area contributed by atoms with Crippen LogP contribution in [0.25, 0.3) is 11.0 Å². The van der Waals surface area contributed by atoms with Crippen molar-refractivity contribution in [1.82, 2.24) is 9.97 Å². The van der Waals surface area contributed by atoms with Crippen molar-refractivity contribution in [1.29, 1.82) is 0 Å². The molecule has 20 heavy (non-hydrogen) atoms. The van der Waals surface area contributed by atoms with Gasteiger partial charge in [-0.3, -0.25) is 14.8 Å². The first kappa shape index (κ1) is 13.9. The van der Waals surface area contributed by atoms with Gasteiger partial charge in [0.25, 0.3) is 5.91 Å². The molecule has 1 amide bonds. The minimum Gasteiger partial charge on any atom is -0.464 e. The van der Waals surface area contributed by atoms with Crippen molar-refractivity contribution in [2.75, 3.05) is 11.9 Å². The lowest BCUT2D eigenvalue weighted by molar-refractivity contribution is -0.146. The zero-order valence-corrected chi connectivity index (χ0v) is 10.9. The van der Waals surface area contributed by atoms with E-state index in [9.17, 15) is 9.59 Å². The molecule has 7 nitrogen and oxygen atoms in total. The van der Waals surface area contributed by atoms with Crippen molar-refractivity contribution < 1.29 is 14.3 Å². The van der Waals surface area contributed by atoms with E-state index in [1.807, 2.05) is 0 Å². The molecule has 0 fully saturated rings. The van der Waals surface area contributed by atoms with Crippen LogP contribution in [0.1, 0.15) is 6.92 Å². The highest BCUT2D eigenvalue weighted by Crippen LogP contribution is 2.15. The van der Waals surface area contributed by atoms with Gasteiger partial charge in [0.05, 0.1) is 17.6 Å². The molecular weight excluding hydrogens is 260 g/mol. The summed E-state index contributed by atoms with van der Waals surface area (Å²) < 4.78 is 4.69. The van der Waals surface area contributed by atoms with Gasteiger partial charge in [-0.1, -0.05) is 0 Å². The zero-order valence-electron chi connectivity index (χ0n) is 10.9. The van der Waals surface area contributed by atoms with Gasteiger partial charge in [0.15, 0.2) is 6.04 Å². The molecule has 0 saturated carbocycles. The number of hydrogen-bond donors (Lipinski definition) is 2. The van der Waals surface area contributed by atoms with Gasteiger partial charge in [-0.25, -0.2) is 4.79 Å². The Kier molecular flexibility index (Phi) is 4.21. The molecule has 0 saturated heterocycles. The van der Waals surface area contributed by atoms with Crippen molar-refractivity contribution in [3.05, 3.63) is 30.6 Å². The van der Waals surface area contributed by atoms with Crippen LogP contribution in [-0.4, -0.2) is 34.5 Å². The molecular formula is C13H14N4O3. The molecule has 0 aliphatic heterocycles. The van der Waals surface area contributed by atoms with Crippen LogP contribution in [0.2, 0.25) is 0 Å². The Balaban J connectivity index is 2.11. The van der Waals surface area contributed by atoms with Gasteiger partial charge in [-0.2, -0.15) is 0 Å². The topological polar surface area (TPSA) is 107 Å². The quantitative estimate of drug-likeness (QED) is 0.619. The molecule has 0 aliphatic carbocycles. The Morgan fingerprint density at radius 2 is 2.00 bits per heavy atom. The molecule has 1 heterocycles. The van der Waals surface area contributed by atoms with E-state index in [2.05, 4.69) is 20.0 Å². The van der Waals surface area contributed by atoms with E-state index in [0.717, 1.165) is 0 Å². The van der Waals surface area contributed by atoms with Gasteiger partial charge in [0.1, 0.15) is 0 Å². The number of hydrogen-bond acceptors (Lipinski definition) is 6. The maximum Gasteiger partial charge on any atom is 0.332 e. The van der Waals surface area contributed by atoms with Crippen LogP contribution in [0.3, 0.4) is 0 Å². The number of esters is 1. The fourth-order valence-electron chi connectivity index (χ4n) is 1.60. The Morgan fingerprint density at radius 1 is 1.30 bits per heavy atom. The van der Waals surface area contributed by atoms with Gasteiger partial charge in [-0.05, 0) is 25.1 Å². The molecule has 0 aliphatic rings. The van der Waals surface area contributed by atoms with Gasteiger partial charge in [-0.15, -0.1) is 0 Å². The monoisotopic (exact) mass is 274 g/mol. The fraction of sp³-hybridized carbons (Fsp3) is 0.231. The molecule has 7 heteroatoms. The number of nitrogens with one attached hydrogen (secondary N) is 1. The Bertz CT molecular complexity index is 644. The first-order chi connectivity index (χ1) is 9.61. The highest BCUT2D eigenvalue weighted by molar-refractivity contribution is 6.08.